The van der Waals surface area contributed by atoms with Gasteiger partial charge in [-0.25, -0.2) is 4.79 Å². The molecular weight excluding hydrogens is 292 g/mol. The van der Waals surface area contributed by atoms with Gasteiger partial charge in [0.25, 0.3) is 0 Å². The molecule has 0 spiro atoms. The molecule has 0 bridgehead atoms. The molecule has 0 aliphatic carbocycles. The molecule has 6 nitrogen and oxygen atoms in total. The number of carbonyl (C=O) groups is 1. The van der Waals surface area contributed by atoms with Crippen molar-refractivity contribution >= 4 is 6.09 Å². The fourth-order valence-corrected chi connectivity index (χ4v) is 2.94. The van der Waals surface area contributed by atoms with Crippen LogP contribution in [0.5, 0.6) is 0 Å². The molecule has 1 aromatic heterocycles. The Kier molecular flexibility index (Phi) is 5.68. The van der Waals surface area contributed by atoms with Crippen LogP contribution in [0.4, 0.5) is 4.79 Å². The van der Waals surface area contributed by atoms with Crippen LogP contribution in [-0.4, -0.2) is 63.5 Å². The predicted molar refractivity (Wildman–Crippen MR) is 90.4 cm³/mol. The van der Waals surface area contributed by atoms with Gasteiger partial charge in [-0.1, -0.05) is 0 Å². The number of aryl methyl sites for hydroxylation is 2. The SMILES string of the molecule is C[C@@H]1CN(CCCc2cnn(C)c2)CCN1C(=O)OC(C)(C)C. The molecule has 1 aliphatic heterocycles. The maximum Gasteiger partial charge on any atom is 0.410 e. The first-order valence-electron chi connectivity index (χ1n) is 8.44. The van der Waals surface area contributed by atoms with Crippen molar-refractivity contribution in [3.8, 4) is 0 Å². The van der Waals surface area contributed by atoms with Crippen LogP contribution in [0, 0.1) is 0 Å². The van der Waals surface area contributed by atoms with E-state index in [2.05, 4.69) is 23.1 Å². The van der Waals surface area contributed by atoms with Crippen LogP contribution >= 0.6 is 0 Å². The molecule has 2 rings (SSSR count). The van der Waals surface area contributed by atoms with Crippen molar-refractivity contribution in [3.63, 3.8) is 0 Å². The molecule has 23 heavy (non-hydrogen) atoms. The summed E-state index contributed by atoms with van der Waals surface area (Å²) in [6.45, 7) is 11.4. The Bertz CT molecular complexity index is 521. The zero-order chi connectivity index (χ0) is 17.0. The zero-order valence-electron chi connectivity index (χ0n) is 15.1. The van der Waals surface area contributed by atoms with Gasteiger partial charge in [-0.05, 0) is 52.6 Å². The molecule has 0 radical (unpaired) electrons. The van der Waals surface area contributed by atoms with Crippen LogP contribution in [0.1, 0.15) is 39.7 Å². The summed E-state index contributed by atoms with van der Waals surface area (Å²) in [5.41, 5.74) is 0.852. The predicted octanol–water partition coefficient (Wildman–Crippen LogP) is 2.29. The second-order valence-corrected chi connectivity index (χ2v) is 7.45. The average Bonchev–Trinajstić information content (AvgIpc) is 2.82. The molecule has 1 saturated heterocycles. The van der Waals surface area contributed by atoms with E-state index >= 15 is 0 Å². The molecule has 1 amide bonds. The van der Waals surface area contributed by atoms with E-state index in [9.17, 15) is 4.79 Å². The Labute approximate surface area is 139 Å². The standard InChI is InChI=1S/C17H30N4O2/c1-14-12-20(8-6-7-15-11-18-19(5)13-15)9-10-21(14)16(22)23-17(2,3)4/h11,13-14H,6-10,12H2,1-5H3/t14-/m1/s1. The van der Waals surface area contributed by atoms with Gasteiger partial charge in [-0.15, -0.1) is 0 Å². The first-order chi connectivity index (χ1) is 10.7. The van der Waals surface area contributed by atoms with E-state index < -0.39 is 5.60 Å². The van der Waals surface area contributed by atoms with Crippen molar-refractivity contribution in [2.75, 3.05) is 26.2 Å². The van der Waals surface area contributed by atoms with Gasteiger partial charge < -0.3 is 9.64 Å². The Hall–Kier alpha value is -1.56. The third kappa shape index (κ3) is 5.53. The number of hydrogen-bond donors (Lipinski definition) is 0. The highest BCUT2D eigenvalue weighted by atomic mass is 16.6. The quantitative estimate of drug-likeness (QED) is 0.853. The second kappa shape index (κ2) is 7.34. The minimum absolute atomic E-state index is 0.192. The number of amides is 1. The van der Waals surface area contributed by atoms with Crippen molar-refractivity contribution in [1.29, 1.82) is 0 Å². The largest absolute Gasteiger partial charge is 0.444 e. The van der Waals surface area contributed by atoms with Crippen molar-refractivity contribution in [1.82, 2.24) is 19.6 Å². The van der Waals surface area contributed by atoms with Crippen LogP contribution in [-0.2, 0) is 18.2 Å². The number of aromatic nitrogens is 2. The topological polar surface area (TPSA) is 50.6 Å². The highest BCUT2D eigenvalue weighted by molar-refractivity contribution is 5.68. The molecule has 1 atom stereocenters. The summed E-state index contributed by atoms with van der Waals surface area (Å²) in [5, 5.41) is 4.20. The van der Waals surface area contributed by atoms with Crippen LogP contribution < -0.4 is 0 Å². The third-order valence-corrected chi connectivity index (χ3v) is 4.04. The molecular formula is C17H30N4O2. The van der Waals surface area contributed by atoms with Crippen molar-refractivity contribution in [2.24, 2.45) is 7.05 Å². The summed E-state index contributed by atoms with van der Waals surface area (Å²) in [6.07, 6.45) is 5.98. The maximum atomic E-state index is 12.2. The summed E-state index contributed by atoms with van der Waals surface area (Å²) in [6, 6.07) is 0.192. The fraction of sp³-hybridized carbons (Fsp3) is 0.765. The second-order valence-electron chi connectivity index (χ2n) is 7.45. The molecule has 1 aliphatic rings. The number of piperazine rings is 1. The summed E-state index contributed by atoms with van der Waals surface area (Å²) in [5.74, 6) is 0. The molecule has 130 valence electrons. The molecule has 6 heteroatoms. The lowest BCUT2D eigenvalue weighted by Crippen LogP contribution is -2.55. The number of nitrogens with zero attached hydrogens (tertiary/aromatic N) is 4. The van der Waals surface area contributed by atoms with Crippen molar-refractivity contribution < 1.29 is 9.53 Å². The van der Waals surface area contributed by atoms with E-state index in [0.29, 0.717) is 0 Å². The lowest BCUT2D eigenvalue weighted by atomic mass is 10.1. The lowest BCUT2D eigenvalue weighted by molar-refractivity contribution is 0.00142. The van der Waals surface area contributed by atoms with E-state index in [-0.39, 0.29) is 12.1 Å². The van der Waals surface area contributed by atoms with Gasteiger partial charge in [0.05, 0.1) is 6.20 Å². The Morgan fingerprint density at radius 1 is 1.39 bits per heavy atom. The lowest BCUT2D eigenvalue weighted by Gasteiger charge is -2.40. The van der Waals surface area contributed by atoms with E-state index in [0.717, 1.165) is 39.0 Å². The maximum absolute atomic E-state index is 12.2. The van der Waals surface area contributed by atoms with E-state index in [4.69, 9.17) is 4.74 Å². The van der Waals surface area contributed by atoms with Gasteiger partial charge in [-0.2, -0.15) is 5.10 Å². The van der Waals surface area contributed by atoms with E-state index in [1.165, 1.54) is 5.56 Å². The number of ether oxygens (including phenoxy) is 1. The smallest absolute Gasteiger partial charge is 0.410 e. The van der Waals surface area contributed by atoms with Crippen LogP contribution in [0.2, 0.25) is 0 Å². The summed E-state index contributed by atoms with van der Waals surface area (Å²) >= 11 is 0. The minimum Gasteiger partial charge on any atom is -0.444 e. The Morgan fingerprint density at radius 2 is 2.13 bits per heavy atom. The molecule has 0 N–H and O–H groups in total. The van der Waals surface area contributed by atoms with Gasteiger partial charge in [0.1, 0.15) is 5.60 Å². The van der Waals surface area contributed by atoms with Gasteiger partial charge >= 0.3 is 6.09 Å². The Balaban J connectivity index is 1.74. The summed E-state index contributed by atoms with van der Waals surface area (Å²) < 4.78 is 7.33. The van der Waals surface area contributed by atoms with Gasteiger partial charge in [0.2, 0.25) is 0 Å². The molecule has 0 aromatic carbocycles. The molecule has 0 unspecified atom stereocenters. The van der Waals surface area contributed by atoms with Crippen LogP contribution in [0.15, 0.2) is 12.4 Å². The molecule has 2 heterocycles. The van der Waals surface area contributed by atoms with Gasteiger partial charge in [0.15, 0.2) is 0 Å². The Morgan fingerprint density at radius 3 is 2.70 bits per heavy atom. The first-order valence-corrected chi connectivity index (χ1v) is 8.44. The zero-order valence-corrected chi connectivity index (χ0v) is 15.1. The highest BCUT2D eigenvalue weighted by Crippen LogP contribution is 2.16. The first kappa shape index (κ1) is 17.8. The fourth-order valence-electron chi connectivity index (χ4n) is 2.94. The molecule has 1 aromatic rings. The third-order valence-electron chi connectivity index (χ3n) is 4.04. The molecule has 0 saturated carbocycles. The van der Waals surface area contributed by atoms with E-state index in [1.807, 2.05) is 43.6 Å². The van der Waals surface area contributed by atoms with Gasteiger partial charge in [0, 0.05) is 38.9 Å². The van der Waals surface area contributed by atoms with Crippen LogP contribution in [0.25, 0.3) is 0 Å². The van der Waals surface area contributed by atoms with Gasteiger partial charge in [-0.3, -0.25) is 9.58 Å². The summed E-state index contributed by atoms with van der Waals surface area (Å²) in [7, 11) is 1.95. The number of carbonyl (C=O) groups excluding carboxylic acids is 1. The number of hydrogen-bond acceptors (Lipinski definition) is 4. The average molecular weight is 322 g/mol. The minimum atomic E-state index is -0.433. The van der Waals surface area contributed by atoms with E-state index in [1.54, 1.807) is 0 Å². The summed E-state index contributed by atoms with van der Waals surface area (Å²) in [4.78, 5) is 16.5. The normalized spacial score (nSPS) is 19.9. The van der Waals surface area contributed by atoms with Crippen molar-refractivity contribution in [2.45, 2.75) is 52.2 Å². The van der Waals surface area contributed by atoms with Crippen molar-refractivity contribution in [3.05, 3.63) is 18.0 Å². The highest BCUT2D eigenvalue weighted by Gasteiger charge is 2.30. The van der Waals surface area contributed by atoms with Crippen LogP contribution in [0.3, 0.4) is 0 Å². The monoisotopic (exact) mass is 322 g/mol. The number of rotatable bonds is 4. The molecule has 1 fully saturated rings.